The van der Waals surface area contributed by atoms with Crippen molar-refractivity contribution in [3.05, 3.63) is 90.0 Å². The number of nitrogens with one attached hydrogen (secondary N) is 1. The Labute approximate surface area is 156 Å². The summed E-state index contributed by atoms with van der Waals surface area (Å²) in [5, 5.41) is 3.45. The van der Waals surface area contributed by atoms with Gasteiger partial charge in [0.05, 0.1) is 6.10 Å². The Morgan fingerprint density at radius 2 is 1.19 bits per heavy atom. The van der Waals surface area contributed by atoms with Crippen LogP contribution in [0.1, 0.15) is 38.8 Å². The Kier molecular flexibility index (Phi) is 5.32. The summed E-state index contributed by atoms with van der Waals surface area (Å²) in [6.07, 6.45) is 0.189. The molecule has 2 nitrogen and oxygen atoms in total. The zero-order valence-electron chi connectivity index (χ0n) is 16.0. The molecule has 0 aliphatic carbocycles. The van der Waals surface area contributed by atoms with Crippen molar-refractivity contribution in [3.8, 4) is 5.75 Å². The Balaban J connectivity index is 1.72. The lowest BCUT2D eigenvalue weighted by Gasteiger charge is -2.26. The number of hydrogen-bond acceptors (Lipinski definition) is 2. The monoisotopic (exact) mass is 345 g/mol. The van der Waals surface area contributed by atoms with E-state index in [1.165, 1.54) is 11.1 Å². The molecule has 0 saturated heterocycles. The first-order chi connectivity index (χ1) is 12.4. The van der Waals surface area contributed by atoms with Crippen LogP contribution in [0.3, 0.4) is 0 Å². The van der Waals surface area contributed by atoms with Gasteiger partial charge in [0, 0.05) is 16.8 Å². The highest BCUT2D eigenvalue weighted by Crippen LogP contribution is 2.32. The SMILES string of the molecule is CC(C)Oc1ccc(Nc2ccc(C(C)(C)c3ccccc3)cc2)cc1. The molecule has 0 bridgehead atoms. The van der Waals surface area contributed by atoms with Crippen LogP contribution >= 0.6 is 0 Å². The first kappa shape index (κ1) is 18.1. The van der Waals surface area contributed by atoms with Crippen molar-refractivity contribution < 1.29 is 4.74 Å². The van der Waals surface area contributed by atoms with Gasteiger partial charge >= 0.3 is 0 Å². The van der Waals surface area contributed by atoms with Crippen molar-refractivity contribution in [2.45, 2.75) is 39.2 Å². The minimum Gasteiger partial charge on any atom is -0.491 e. The van der Waals surface area contributed by atoms with Crippen LogP contribution in [0.4, 0.5) is 11.4 Å². The molecule has 3 aromatic rings. The number of anilines is 2. The zero-order valence-corrected chi connectivity index (χ0v) is 16.0. The molecule has 0 atom stereocenters. The lowest BCUT2D eigenvalue weighted by Crippen LogP contribution is -2.18. The summed E-state index contributed by atoms with van der Waals surface area (Å²) in [5.74, 6) is 0.894. The minimum absolute atomic E-state index is 0.0182. The number of benzene rings is 3. The van der Waals surface area contributed by atoms with E-state index in [9.17, 15) is 0 Å². The highest BCUT2D eigenvalue weighted by atomic mass is 16.5. The molecule has 0 radical (unpaired) electrons. The quantitative estimate of drug-likeness (QED) is 0.547. The van der Waals surface area contributed by atoms with Crippen LogP contribution in [0.5, 0.6) is 5.75 Å². The average Bonchev–Trinajstić information content (AvgIpc) is 2.64. The molecule has 134 valence electrons. The van der Waals surface area contributed by atoms with E-state index >= 15 is 0 Å². The van der Waals surface area contributed by atoms with Crippen molar-refractivity contribution in [2.75, 3.05) is 5.32 Å². The normalized spacial score (nSPS) is 11.4. The van der Waals surface area contributed by atoms with Crippen molar-refractivity contribution in [2.24, 2.45) is 0 Å². The third-order valence-corrected chi connectivity index (χ3v) is 4.62. The second-order valence-corrected chi connectivity index (χ2v) is 7.38. The molecule has 0 heterocycles. The molecule has 0 fully saturated rings. The van der Waals surface area contributed by atoms with Crippen molar-refractivity contribution in [1.29, 1.82) is 0 Å². The summed E-state index contributed by atoms with van der Waals surface area (Å²) in [5.41, 5.74) is 4.73. The second kappa shape index (κ2) is 7.65. The maximum Gasteiger partial charge on any atom is 0.119 e. The van der Waals surface area contributed by atoms with E-state index in [0.29, 0.717) is 0 Å². The number of ether oxygens (including phenoxy) is 1. The van der Waals surface area contributed by atoms with Gasteiger partial charge in [-0.1, -0.05) is 56.3 Å². The summed E-state index contributed by atoms with van der Waals surface area (Å²) in [6, 6.07) is 27.4. The summed E-state index contributed by atoms with van der Waals surface area (Å²) >= 11 is 0. The molecule has 0 unspecified atom stereocenters. The van der Waals surface area contributed by atoms with Crippen molar-refractivity contribution >= 4 is 11.4 Å². The third-order valence-electron chi connectivity index (χ3n) is 4.62. The van der Waals surface area contributed by atoms with Gasteiger partial charge in [-0.2, -0.15) is 0 Å². The van der Waals surface area contributed by atoms with Crippen LogP contribution in [0, 0.1) is 0 Å². The van der Waals surface area contributed by atoms with Crippen LogP contribution < -0.4 is 10.1 Å². The highest BCUT2D eigenvalue weighted by molar-refractivity contribution is 5.61. The number of hydrogen-bond donors (Lipinski definition) is 1. The molecule has 2 heteroatoms. The molecule has 0 aliphatic rings. The van der Waals surface area contributed by atoms with Gasteiger partial charge in [0.25, 0.3) is 0 Å². The van der Waals surface area contributed by atoms with Gasteiger partial charge in [0.15, 0.2) is 0 Å². The zero-order chi connectivity index (χ0) is 18.6. The van der Waals surface area contributed by atoms with Crippen LogP contribution in [-0.2, 0) is 5.41 Å². The Bertz CT molecular complexity index is 818. The van der Waals surface area contributed by atoms with Crippen molar-refractivity contribution in [1.82, 2.24) is 0 Å². The molecule has 0 saturated carbocycles. The van der Waals surface area contributed by atoms with Gasteiger partial charge in [0.2, 0.25) is 0 Å². The van der Waals surface area contributed by atoms with Crippen LogP contribution in [0.15, 0.2) is 78.9 Å². The predicted molar refractivity (Wildman–Crippen MR) is 111 cm³/mol. The van der Waals surface area contributed by atoms with E-state index in [1.54, 1.807) is 0 Å². The van der Waals surface area contributed by atoms with E-state index in [1.807, 2.05) is 38.1 Å². The fraction of sp³-hybridized carbons (Fsp3) is 0.250. The van der Waals surface area contributed by atoms with Gasteiger partial charge in [-0.3, -0.25) is 0 Å². The molecular weight excluding hydrogens is 318 g/mol. The van der Waals surface area contributed by atoms with Crippen LogP contribution in [0.2, 0.25) is 0 Å². The van der Waals surface area contributed by atoms with E-state index in [-0.39, 0.29) is 11.5 Å². The topological polar surface area (TPSA) is 21.3 Å². The molecule has 1 N–H and O–H groups in total. The van der Waals surface area contributed by atoms with Gasteiger partial charge in [-0.25, -0.2) is 0 Å². The predicted octanol–water partition coefficient (Wildman–Crippen LogP) is 6.54. The van der Waals surface area contributed by atoms with E-state index in [0.717, 1.165) is 17.1 Å². The molecule has 3 aromatic carbocycles. The van der Waals surface area contributed by atoms with Gasteiger partial charge < -0.3 is 10.1 Å². The maximum atomic E-state index is 5.69. The largest absolute Gasteiger partial charge is 0.491 e. The number of rotatable bonds is 6. The fourth-order valence-electron chi connectivity index (χ4n) is 3.05. The van der Waals surface area contributed by atoms with Crippen LogP contribution in [-0.4, -0.2) is 6.10 Å². The lowest BCUT2D eigenvalue weighted by molar-refractivity contribution is 0.242. The highest BCUT2D eigenvalue weighted by Gasteiger charge is 2.22. The first-order valence-corrected chi connectivity index (χ1v) is 9.15. The Morgan fingerprint density at radius 3 is 1.73 bits per heavy atom. The first-order valence-electron chi connectivity index (χ1n) is 9.15. The summed E-state index contributed by atoms with van der Waals surface area (Å²) < 4.78 is 5.69. The van der Waals surface area contributed by atoms with Crippen molar-refractivity contribution in [3.63, 3.8) is 0 Å². The van der Waals surface area contributed by atoms with Gasteiger partial charge in [-0.15, -0.1) is 0 Å². The molecule has 0 amide bonds. The molecule has 3 rings (SSSR count). The van der Waals surface area contributed by atoms with E-state index < -0.39 is 0 Å². The average molecular weight is 345 g/mol. The van der Waals surface area contributed by atoms with E-state index in [2.05, 4.69) is 73.8 Å². The Morgan fingerprint density at radius 1 is 0.692 bits per heavy atom. The third kappa shape index (κ3) is 4.26. The summed E-state index contributed by atoms with van der Waals surface area (Å²) in [6.45, 7) is 8.59. The van der Waals surface area contributed by atoms with Gasteiger partial charge in [-0.05, 0) is 61.4 Å². The molecule has 0 aliphatic heterocycles. The van der Waals surface area contributed by atoms with Gasteiger partial charge in [0.1, 0.15) is 5.75 Å². The molecule has 26 heavy (non-hydrogen) atoms. The standard InChI is InChI=1S/C24H27NO/c1-18(2)26-23-16-14-22(15-17-23)25-21-12-10-20(11-13-21)24(3,4)19-8-6-5-7-9-19/h5-18,25H,1-4H3. The Hall–Kier alpha value is -2.74. The summed E-state index contributed by atoms with van der Waals surface area (Å²) in [7, 11) is 0. The minimum atomic E-state index is -0.0182. The van der Waals surface area contributed by atoms with Crippen LogP contribution in [0.25, 0.3) is 0 Å². The maximum absolute atomic E-state index is 5.69. The second-order valence-electron chi connectivity index (χ2n) is 7.38. The fourth-order valence-corrected chi connectivity index (χ4v) is 3.05. The molecule has 0 aromatic heterocycles. The summed E-state index contributed by atoms with van der Waals surface area (Å²) in [4.78, 5) is 0. The van der Waals surface area contributed by atoms with E-state index in [4.69, 9.17) is 4.74 Å². The molecule has 0 spiro atoms. The lowest BCUT2D eigenvalue weighted by atomic mass is 9.78. The molecular formula is C24H27NO. The smallest absolute Gasteiger partial charge is 0.119 e.